The molecule has 164 valence electrons. The van der Waals surface area contributed by atoms with Gasteiger partial charge in [0.25, 0.3) is 5.89 Å². The number of hydrogen-bond acceptors (Lipinski definition) is 6. The average molecular weight is 436 g/mol. The van der Waals surface area contributed by atoms with Gasteiger partial charge in [-0.1, -0.05) is 24.3 Å². The summed E-state index contributed by atoms with van der Waals surface area (Å²) < 4.78 is 38.0. The first kappa shape index (κ1) is 20.5. The zero-order chi connectivity index (χ0) is 21.9. The zero-order valence-corrected chi connectivity index (χ0v) is 17.3. The van der Waals surface area contributed by atoms with Crippen molar-refractivity contribution in [3.05, 3.63) is 95.6 Å². The molecule has 0 bridgehead atoms. The van der Waals surface area contributed by atoms with Crippen molar-refractivity contribution in [2.75, 3.05) is 26.2 Å². The van der Waals surface area contributed by atoms with Gasteiger partial charge in [-0.15, -0.1) is 10.2 Å². The molecule has 8 heteroatoms. The Morgan fingerprint density at radius 2 is 1.44 bits per heavy atom. The van der Waals surface area contributed by atoms with E-state index in [0.29, 0.717) is 24.1 Å². The topological polar surface area (TPSA) is 58.5 Å². The molecular formula is C24H22F2N4O2. The van der Waals surface area contributed by atoms with Crippen LogP contribution in [0.5, 0.6) is 0 Å². The number of furan rings is 1. The Hall–Kier alpha value is -3.36. The molecule has 5 rings (SSSR count). The highest BCUT2D eigenvalue weighted by Crippen LogP contribution is 2.30. The first-order valence-corrected chi connectivity index (χ1v) is 10.5. The molecule has 0 radical (unpaired) electrons. The lowest BCUT2D eigenvalue weighted by molar-refractivity contribution is 0.0985. The maximum atomic E-state index is 13.5. The Kier molecular flexibility index (Phi) is 5.79. The molecule has 1 aliphatic rings. The third kappa shape index (κ3) is 4.46. The van der Waals surface area contributed by atoms with Crippen LogP contribution in [0.15, 0.2) is 75.8 Å². The highest BCUT2D eigenvalue weighted by molar-refractivity contribution is 5.42. The van der Waals surface area contributed by atoms with Gasteiger partial charge in [-0.2, -0.15) is 0 Å². The van der Waals surface area contributed by atoms with Gasteiger partial charge in [-0.25, -0.2) is 8.78 Å². The lowest BCUT2D eigenvalue weighted by Gasteiger charge is -2.39. The van der Waals surface area contributed by atoms with Gasteiger partial charge >= 0.3 is 0 Å². The monoisotopic (exact) mass is 436 g/mol. The highest BCUT2D eigenvalue weighted by atomic mass is 19.1. The number of hydrogen-bond donors (Lipinski definition) is 0. The van der Waals surface area contributed by atoms with Crippen LogP contribution < -0.4 is 0 Å². The predicted molar refractivity (Wildman–Crippen MR) is 113 cm³/mol. The van der Waals surface area contributed by atoms with Crippen LogP contribution >= 0.6 is 0 Å². The minimum absolute atomic E-state index is 0.0766. The molecule has 4 aromatic rings. The maximum Gasteiger partial charge on any atom is 0.283 e. The molecular weight excluding hydrogens is 414 g/mol. The third-order valence-corrected chi connectivity index (χ3v) is 5.70. The van der Waals surface area contributed by atoms with E-state index in [1.807, 2.05) is 0 Å². The summed E-state index contributed by atoms with van der Waals surface area (Å²) in [7, 11) is 0. The van der Waals surface area contributed by atoms with E-state index in [1.54, 1.807) is 42.7 Å². The Balaban J connectivity index is 1.28. The van der Waals surface area contributed by atoms with Gasteiger partial charge in [-0.3, -0.25) is 9.80 Å². The van der Waals surface area contributed by atoms with Crippen LogP contribution in [0, 0.1) is 11.6 Å². The van der Waals surface area contributed by atoms with Crippen LogP contribution in [-0.4, -0.2) is 46.2 Å². The zero-order valence-electron chi connectivity index (χ0n) is 17.3. The largest absolute Gasteiger partial charge is 0.459 e. The van der Waals surface area contributed by atoms with Gasteiger partial charge in [0.2, 0.25) is 5.89 Å². The molecule has 1 aliphatic heterocycles. The molecule has 2 aromatic carbocycles. The molecule has 1 saturated heterocycles. The van der Waals surface area contributed by atoms with Gasteiger partial charge < -0.3 is 8.83 Å². The Labute approximate surface area is 184 Å². The SMILES string of the molecule is Fc1ccc(C(c2ccc(F)cc2)N2CCN(Cc3nnc(-c4ccco4)o3)CC2)cc1. The fourth-order valence-corrected chi connectivity index (χ4v) is 4.09. The number of halogens is 2. The fourth-order valence-electron chi connectivity index (χ4n) is 4.09. The molecule has 0 atom stereocenters. The van der Waals surface area contributed by atoms with Crippen molar-refractivity contribution >= 4 is 0 Å². The third-order valence-electron chi connectivity index (χ3n) is 5.70. The number of nitrogens with zero attached hydrogens (tertiary/aromatic N) is 4. The van der Waals surface area contributed by atoms with Gasteiger partial charge in [-0.05, 0) is 47.5 Å². The second-order valence-electron chi connectivity index (χ2n) is 7.80. The molecule has 32 heavy (non-hydrogen) atoms. The molecule has 0 aliphatic carbocycles. The van der Waals surface area contributed by atoms with Crippen molar-refractivity contribution < 1.29 is 17.6 Å². The summed E-state index contributed by atoms with van der Waals surface area (Å²) in [6, 6.07) is 16.5. The molecule has 0 spiro atoms. The van der Waals surface area contributed by atoms with E-state index < -0.39 is 0 Å². The van der Waals surface area contributed by atoms with Crippen LogP contribution in [0.3, 0.4) is 0 Å². The van der Waals surface area contributed by atoms with Crippen molar-refractivity contribution in [3.8, 4) is 11.7 Å². The van der Waals surface area contributed by atoms with Crippen LogP contribution in [0.1, 0.15) is 23.1 Å². The molecule has 1 fully saturated rings. The van der Waals surface area contributed by atoms with Gasteiger partial charge in [0.05, 0.1) is 18.8 Å². The van der Waals surface area contributed by atoms with Crippen molar-refractivity contribution in [2.24, 2.45) is 0 Å². The van der Waals surface area contributed by atoms with E-state index in [4.69, 9.17) is 8.83 Å². The lowest BCUT2D eigenvalue weighted by atomic mass is 9.96. The molecule has 0 amide bonds. The summed E-state index contributed by atoms with van der Waals surface area (Å²) in [4.78, 5) is 4.58. The Bertz CT molecular complexity index is 1090. The van der Waals surface area contributed by atoms with E-state index in [1.165, 1.54) is 24.3 Å². The minimum atomic E-state index is -0.273. The summed E-state index contributed by atoms with van der Waals surface area (Å²) in [5, 5.41) is 8.18. The van der Waals surface area contributed by atoms with Gasteiger partial charge in [0.1, 0.15) is 11.6 Å². The summed E-state index contributed by atoms with van der Waals surface area (Å²) >= 11 is 0. The minimum Gasteiger partial charge on any atom is -0.459 e. The number of rotatable bonds is 6. The van der Waals surface area contributed by atoms with Gasteiger partial charge in [0.15, 0.2) is 5.76 Å². The number of benzene rings is 2. The summed E-state index contributed by atoms with van der Waals surface area (Å²) in [5.41, 5.74) is 1.96. The number of piperazine rings is 1. The Morgan fingerprint density at radius 3 is 2.00 bits per heavy atom. The van der Waals surface area contributed by atoms with Crippen molar-refractivity contribution in [1.29, 1.82) is 0 Å². The lowest BCUT2D eigenvalue weighted by Crippen LogP contribution is -2.47. The molecule has 0 saturated carbocycles. The molecule has 3 heterocycles. The second-order valence-corrected chi connectivity index (χ2v) is 7.80. The first-order valence-electron chi connectivity index (χ1n) is 10.5. The van der Waals surface area contributed by atoms with Crippen molar-refractivity contribution in [2.45, 2.75) is 12.6 Å². The van der Waals surface area contributed by atoms with Crippen molar-refractivity contribution in [1.82, 2.24) is 20.0 Å². The first-order chi connectivity index (χ1) is 15.7. The van der Waals surface area contributed by atoms with Crippen LogP contribution in [-0.2, 0) is 6.54 Å². The summed E-state index contributed by atoms with van der Waals surface area (Å²) in [5.74, 6) is 0.916. The van der Waals surface area contributed by atoms with E-state index in [-0.39, 0.29) is 17.7 Å². The van der Waals surface area contributed by atoms with Gasteiger partial charge in [0, 0.05) is 26.2 Å². The van der Waals surface area contributed by atoms with Crippen LogP contribution in [0.25, 0.3) is 11.7 Å². The summed E-state index contributed by atoms with van der Waals surface area (Å²) in [6.07, 6.45) is 1.57. The Morgan fingerprint density at radius 1 is 0.812 bits per heavy atom. The van der Waals surface area contributed by atoms with E-state index in [9.17, 15) is 8.78 Å². The molecule has 6 nitrogen and oxygen atoms in total. The molecule has 0 unspecified atom stereocenters. The smallest absolute Gasteiger partial charge is 0.283 e. The maximum absolute atomic E-state index is 13.5. The molecule has 2 aromatic heterocycles. The normalized spacial score (nSPS) is 15.5. The molecule has 0 N–H and O–H groups in total. The highest BCUT2D eigenvalue weighted by Gasteiger charge is 2.27. The quantitative estimate of drug-likeness (QED) is 0.443. The second kappa shape index (κ2) is 9.02. The van der Waals surface area contributed by atoms with Crippen LogP contribution in [0.4, 0.5) is 8.78 Å². The standard InChI is InChI=1S/C24H22F2N4O2/c25-19-7-3-17(4-8-19)23(18-5-9-20(26)10-6-18)30-13-11-29(12-14-30)16-22-27-28-24(32-22)21-2-1-15-31-21/h1-10,15,23H,11-14,16H2. The van der Waals surface area contributed by atoms with E-state index >= 15 is 0 Å². The fraction of sp³-hybridized carbons (Fsp3) is 0.250. The van der Waals surface area contributed by atoms with E-state index in [0.717, 1.165) is 37.3 Å². The predicted octanol–water partition coefficient (Wildman–Crippen LogP) is 4.52. The number of aromatic nitrogens is 2. The average Bonchev–Trinajstić information content (AvgIpc) is 3.50. The van der Waals surface area contributed by atoms with Crippen LogP contribution in [0.2, 0.25) is 0 Å². The van der Waals surface area contributed by atoms with Crippen molar-refractivity contribution in [3.63, 3.8) is 0 Å². The summed E-state index contributed by atoms with van der Waals surface area (Å²) in [6.45, 7) is 3.74. The van der Waals surface area contributed by atoms with E-state index in [2.05, 4.69) is 20.0 Å².